The van der Waals surface area contributed by atoms with Gasteiger partial charge in [0.25, 0.3) is 0 Å². The highest BCUT2D eigenvalue weighted by Crippen LogP contribution is 2.28. The van der Waals surface area contributed by atoms with Gasteiger partial charge in [0.2, 0.25) is 0 Å². The standard InChI is InChI=1S/C14H23N3/c1-3-16-14(13-10-15-11-17(13)2)12-8-6-4-5-7-9-12/h8,10-11,14,16H,3-7,9H2,1-2H3. The fourth-order valence-electron chi connectivity index (χ4n) is 2.58. The van der Waals surface area contributed by atoms with E-state index in [1.165, 1.54) is 37.8 Å². The van der Waals surface area contributed by atoms with Crippen molar-refractivity contribution >= 4 is 0 Å². The van der Waals surface area contributed by atoms with E-state index in [9.17, 15) is 0 Å². The molecular formula is C14H23N3. The van der Waals surface area contributed by atoms with Gasteiger partial charge in [-0.1, -0.05) is 25.0 Å². The summed E-state index contributed by atoms with van der Waals surface area (Å²) in [6.07, 6.45) is 12.8. The molecule has 0 bridgehead atoms. The van der Waals surface area contributed by atoms with E-state index in [1.807, 2.05) is 12.5 Å². The number of likely N-dealkylation sites (N-methyl/N-ethyl adjacent to an activating group) is 1. The number of rotatable bonds is 4. The Hall–Kier alpha value is -1.09. The number of nitrogens with zero attached hydrogens (tertiary/aromatic N) is 2. The van der Waals surface area contributed by atoms with Crippen molar-refractivity contribution < 1.29 is 0 Å². The molecule has 0 aromatic carbocycles. The Kier molecular flexibility index (Phi) is 4.37. The lowest BCUT2D eigenvalue weighted by Crippen LogP contribution is -2.24. The van der Waals surface area contributed by atoms with Crippen LogP contribution in [-0.2, 0) is 7.05 Å². The van der Waals surface area contributed by atoms with Crippen molar-refractivity contribution in [1.82, 2.24) is 14.9 Å². The van der Waals surface area contributed by atoms with E-state index in [2.05, 4.69) is 34.9 Å². The molecule has 1 aromatic rings. The first-order chi connectivity index (χ1) is 8.33. The molecule has 1 aliphatic carbocycles. The second-order valence-corrected chi connectivity index (χ2v) is 4.80. The van der Waals surface area contributed by atoms with E-state index in [1.54, 1.807) is 5.57 Å². The van der Waals surface area contributed by atoms with Crippen LogP contribution >= 0.6 is 0 Å². The largest absolute Gasteiger partial charge is 0.336 e. The molecule has 1 heterocycles. The predicted molar refractivity (Wildman–Crippen MR) is 70.8 cm³/mol. The minimum atomic E-state index is 0.352. The summed E-state index contributed by atoms with van der Waals surface area (Å²) in [6.45, 7) is 3.16. The zero-order valence-corrected chi connectivity index (χ0v) is 10.9. The van der Waals surface area contributed by atoms with E-state index in [0.717, 1.165) is 6.54 Å². The molecule has 0 radical (unpaired) electrons. The van der Waals surface area contributed by atoms with Gasteiger partial charge >= 0.3 is 0 Å². The molecule has 1 atom stereocenters. The van der Waals surface area contributed by atoms with Crippen LogP contribution in [0.3, 0.4) is 0 Å². The Morgan fingerprint density at radius 1 is 1.41 bits per heavy atom. The second-order valence-electron chi connectivity index (χ2n) is 4.80. The monoisotopic (exact) mass is 233 g/mol. The third-order valence-corrected chi connectivity index (χ3v) is 3.50. The van der Waals surface area contributed by atoms with Gasteiger partial charge in [0, 0.05) is 7.05 Å². The number of hydrogen-bond acceptors (Lipinski definition) is 2. The summed E-state index contributed by atoms with van der Waals surface area (Å²) in [5.74, 6) is 0. The first-order valence-corrected chi connectivity index (χ1v) is 6.71. The van der Waals surface area contributed by atoms with Crippen molar-refractivity contribution in [3.05, 3.63) is 29.9 Å². The van der Waals surface area contributed by atoms with Crippen molar-refractivity contribution in [3.8, 4) is 0 Å². The quantitative estimate of drug-likeness (QED) is 0.810. The Balaban J connectivity index is 2.22. The number of hydrogen-bond donors (Lipinski definition) is 1. The summed E-state index contributed by atoms with van der Waals surface area (Å²) in [7, 11) is 2.07. The number of nitrogens with one attached hydrogen (secondary N) is 1. The van der Waals surface area contributed by atoms with Gasteiger partial charge in [-0.15, -0.1) is 0 Å². The SMILES string of the molecule is CCNC(C1=CCCCCC1)c1cncn1C. The number of imidazole rings is 1. The molecule has 0 amide bonds. The van der Waals surface area contributed by atoms with Crippen LogP contribution in [0.15, 0.2) is 24.2 Å². The van der Waals surface area contributed by atoms with Crippen molar-refractivity contribution in [2.75, 3.05) is 6.54 Å². The smallest absolute Gasteiger partial charge is 0.0946 e. The van der Waals surface area contributed by atoms with Crippen molar-refractivity contribution in [1.29, 1.82) is 0 Å². The summed E-state index contributed by atoms with van der Waals surface area (Å²) in [4.78, 5) is 4.24. The summed E-state index contributed by atoms with van der Waals surface area (Å²) in [5, 5.41) is 3.59. The van der Waals surface area contributed by atoms with Crippen LogP contribution in [0.25, 0.3) is 0 Å². The minimum Gasteiger partial charge on any atom is -0.336 e. The van der Waals surface area contributed by atoms with Crippen LogP contribution in [-0.4, -0.2) is 16.1 Å². The second kappa shape index (κ2) is 6.01. The van der Waals surface area contributed by atoms with Gasteiger partial charge in [-0.2, -0.15) is 0 Å². The Morgan fingerprint density at radius 2 is 2.29 bits per heavy atom. The van der Waals surface area contributed by atoms with E-state index < -0.39 is 0 Å². The third kappa shape index (κ3) is 2.97. The van der Waals surface area contributed by atoms with Gasteiger partial charge < -0.3 is 9.88 Å². The molecule has 0 fully saturated rings. The van der Waals surface area contributed by atoms with Crippen LogP contribution in [0.2, 0.25) is 0 Å². The van der Waals surface area contributed by atoms with Crippen LogP contribution in [0.5, 0.6) is 0 Å². The van der Waals surface area contributed by atoms with E-state index in [4.69, 9.17) is 0 Å². The maximum absolute atomic E-state index is 4.24. The molecule has 2 rings (SSSR count). The highest BCUT2D eigenvalue weighted by atomic mass is 15.1. The average molecular weight is 233 g/mol. The molecule has 1 unspecified atom stereocenters. The first kappa shape index (κ1) is 12.4. The topological polar surface area (TPSA) is 29.9 Å². The van der Waals surface area contributed by atoms with Gasteiger partial charge in [-0.25, -0.2) is 4.98 Å². The lowest BCUT2D eigenvalue weighted by atomic mass is 9.99. The third-order valence-electron chi connectivity index (χ3n) is 3.50. The summed E-state index contributed by atoms with van der Waals surface area (Å²) in [5.41, 5.74) is 2.83. The van der Waals surface area contributed by atoms with Crippen LogP contribution in [0.1, 0.15) is 50.8 Å². The maximum atomic E-state index is 4.24. The molecule has 0 spiro atoms. The zero-order valence-electron chi connectivity index (χ0n) is 10.9. The summed E-state index contributed by atoms with van der Waals surface area (Å²) in [6, 6.07) is 0.352. The lowest BCUT2D eigenvalue weighted by Gasteiger charge is -2.21. The number of aryl methyl sites for hydroxylation is 1. The number of allylic oxidation sites excluding steroid dienone is 1. The maximum Gasteiger partial charge on any atom is 0.0946 e. The molecule has 0 saturated carbocycles. The Bertz CT molecular complexity index is 379. The fraction of sp³-hybridized carbons (Fsp3) is 0.643. The molecule has 0 aliphatic heterocycles. The van der Waals surface area contributed by atoms with Crippen LogP contribution in [0, 0.1) is 0 Å². The Morgan fingerprint density at radius 3 is 3.00 bits per heavy atom. The minimum absolute atomic E-state index is 0.352. The van der Waals surface area contributed by atoms with Gasteiger partial charge in [0.15, 0.2) is 0 Å². The van der Waals surface area contributed by atoms with Gasteiger partial charge in [0.1, 0.15) is 0 Å². The predicted octanol–water partition coefficient (Wildman–Crippen LogP) is 2.96. The van der Waals surface area contributed by atoms with Crippen LogP contribution < -0.4 is 5.32 Å². The van der Waals surface area contributed by atoms with Crippen LogP contribution in [0.4, 0.5) is 0 Å². The van der Waals surface area contributed by atoms with Gasteiger partial charge in [0.05, 0.1) is 24.3 Å². The van der Waals surface area contributed by atoms with Crippen molar-refractivity contribution in [3.63, 3.8) is 0 Å². The van der Waals surface area contributed by atoms with E-state index in [0.29, 0.717) is 6.04 Å². The molecule has 3 heteroatoms. The van der Waals surface area contributed by atoms with E-state index in [-0.39, 0.29) is 0 Å². The van der Waals surface area contributed by atoms with Gasteiger partial charge in [-0.3, -0.25) is 0 Å². The molecule has 0 saturated heterocycles. The fourth-order valence-corrected chi connectivity index (χ4v) is 2.58. The first-order valence-electron chi connectivity index (χ1n) is 6.71. The molecule has 17 heavy (non-hydrogen) atoms. The van der Waals surface area contributed by atoms with Crippen molar-refractivity contribution in [2.24, 2.45) is 7.05 Å². The molecule has 1 N–H and O–H groups in total. The summed E-state index contributed by atoms with van der Waals surface area (Å²) >= 11 is 0. The molecular weight excluding hydrogens is 210 g/mol. The molecule has 3 nitrogen and oxygen atoms in total. The summed E-state index contributed by atoms with van der Waals surface area (Å²) < 4.78 is 2.12. The highest BCUT2D eigenvalue weighted by Gasteiger charge is 2.19. The van der Waals surface area contributed by atoms with E-state index >= 15 is 0 Å². The molecule has 1 aromatic heterocycles. The molecule has 94 valence electrons. The average Bonchev–Trinajstić information content (AvgIpc) is 2.60. The zero-order chi connectivity index (χ0) is 12.1. The highest BCUT2D eigenvalue weighted by molar-refractivity contribution is 5.22. The lowest BCUT2D eigenvalue weighted by molar-refractivity contribution is 0.561. The van der Waals surface area contributed by atoms with Crippen molar-refractivity contribution in [2.45, 2.75) is 45.1 Å². The van der Waals surface area contributed by atoms with Gasteiger partial charge in [-0.05, 0) is 32.2 Å². The normalized spacial score (nSPS) is 18.6. The Labute approximate surface area is 104 Å². The molecule has 1 aliphatic rings. The number of aromatic nitrogens is 2.